The van der Waals surface area contributed by atoms with Crippen molar-refractivity contribution >= 4 is 24.5 Å². The number of carboxylic acids is 1. The van der Waals surface area contributed by atoms with Crippen molar-refractivity contribution in [2.45, 2.75) is 38.3 Å². The molecule has 3 atom stereocenters. The molecule has 170 valence electrons. The SMILES string of the molecule is Cl.N[C@H]1CN(C(=O)OCc2ccccc2)C[C@@H]1C(CCCCc1noc(=O)[nH]1)C(=O)O. The van der Waals surface area contributed by atoms with Crippen LogP contribution in [0, 0.1) is 11.8 Å². The Morgan fingerprint density at radius 3 is 2.68 bits per heavy atom. The first kappa shape index (κ1) is 24.4. The minimum atomic E-state index is -0.926. The summed E-state index contributed by atoms with van der Waals surface area (Å²) in [6.45, 7) is 0.674. The number of hydrogen-bond donors (Lipinski definition) is 3. The van der Waals surface area contributed by atoms with Crippen molar-refractivity contribution in [2.24, 2.45) is 17.6 Å². The van der Waals surface area contributed by atoms with Crippen LogP contribution in [0.25, 0.3) is 0 Å². The number of aromatic nitrogens is 2. The van der Waals surface area contributed by atoms with Gasteiger partial charge in [0.05, 0.1) is 5.92 Å². The van der Waals surface area contributed by atoms with Crippen LogP contribution in [0.1, 0.15) is 30.7 Å². The summed E-state index contributed by atoms with van der Waals surface area (Å²) >= 11 is 0. The normalized spacial score (nSPS) is 18.9. The lowest BCUT2D eigenvalue weighted by molar-refractivity contribution is -0.144. The van der Waals surface area contributed by atoms with Gasteiger partial charge in [-0.05, 0) is 18.4 Å². The third-order valence-corrected chi connectivity index (χ3v) is 5.37. The molecule has 31 heavy (non-hydrogen) atoms. The Hall–Kier alpha value is -2.85. The summed E-state index contributed by atoms with van der Waals surface area (Å²) in [6.07, 6.45) is 1.69. The first-order valence-corrected chi connectivity index (χ1v) is 9.93. The van der Waals surface area contributed by atoms with Crippen molar-refractivity contribution < 1.29 is 24.0 Å². The average molecular weight is 455 g/mol. The van der Waals surface area contributed by atoms with E-state index in [0.29, 0.717) is 31.5 Å². The van der Waals surface area contributed by atoms with Gasteiger partial charge in [-0.15, -0.1) is 12.4 Å². The smallest absolute Gasteiger partial charge is 0.438 e. The van der Waals surface area contributed by atoms with Crippen LogP contribution >= 0.6 is 12.4 Å². The number of carbonyl (C=O) groups is 2. The number of amides is 1. The molecule has 10 nitrogen and oxygen atoms in total. The highest BCUT2D eigenvalue weighted by Gasteiger charge is 2.41. The molecule has 1 aromatic heterocycles. The lowest BCUT2D eigenvalue weighted by Gasteiger charge is -2.22. The minimum Gasteiger partial charge on any atom is -0.481 e. The summed E-state index contributed by atoms with van der Waals surface area (Å²) in [7, 11) is 0. The molecule has 1 amide bonds. The summed E-state index contributed by atoms with van der Waals surface area (Å²) in [5.41, 5.74) is 7.05. The highest BCUT2D eigenvalue weighted by Crippen LogP contribution is 2.28. The molecule has 3 rings (SSSR count). The van der Waals surface area contributed by atoms with E-state index in [0.717, 1.165) is 5.56 Å². The number of nitrogens with one attached hydrogen (secondary N) is 1. The van der Waals surface area contributed by atoms with E-state index in [1.165, 1.54) is 4.90 Å². The van der Waals surface area contributed by atoms with Crippen LogP contribution in [0.2, 0.25) is 0 Å². The second kappa shape index (κ2) is 11.5. The van der Waals surface area contributed by atoms with Crippen molar-refractivity contribution in [3.8, 4) is 0 Å². The summed E-state index contributed by atoms with van der Waals surface area (Å²) in [4.78, 5) is 39.1. The molecule has 1 unspecified atom stereocenters. The van der Waals surface area contributed by atoms with E-state index in [9.17, 15) is 19.5 Å². The predicted octanol–water partition coefficient (Wildman–Crippen LogP) is 1.79. The van der Waals surface area contributed by atoms with Gasteiger partial charge in [-0.25, -0.2) is 9.59 Å². The zero-order valence-electron chi connectivity index (χ0n) is 16.9. The molecular weight excluding hydrogens is 428 g/mol. The summed E-state index contributed by atoms with van der Waals surface area (Å²) in [6, 6.07) is 8.90. The van der Waals surface area contributed by atoms with E-state index < -0.39 is 29.8 Å². The van der Waals surface area contributed by atoms with Crippen LogP contribution in [0.3, 0.4) is 0 Å². The molecule has 1 aliphatic rings. The van der Waals surface area contributed by atoms with Gasteiger partial charge in [-0.1, -0.05) is 41.9 Å². The number of aryl methyl sites for hydroxylation is 1. The largest absolute Gasteiger partial charge is 0.481 e. The van der Waals surface area contributed by atoms with E-state index in [2.05, 4.69) is 14.7 Å². The van der Waals surface area contributed by atoms with E-state index in [1.54, 1.807) is 0 Å². The number of aromatic amines is 1. The number of carboxylic acid groups (broad SMARTS) is 1. The number of rotatable bonds is 9. The Kier molecular flexibility index (Phi) is 9.07. The maximum Gasteiger partial charge on any atom is 0.438 e. The maximum absolute atomic E-state index is 12.4. The molecule has 1 saturated heterocycles. The number of nitrogens with two attached hydrogens (primary N) is 1. The van der Waals surface area contributed by atoms with Gasteiger partial charge in [0.2, 0.25) is 0 Å². The molecule has 0 radical (unpaired) electrons. The number of hydrogen-bond acceptors (Lipinski definition) is 7. The minimum absolute atomic E-state index is 0. The molecule has 0 saturated carbocycles. The third-order valence-electron chi connectivity index (χ3n) is 5.37. The van der Waals surface area contributed by atoms with Gasteiger partial charge >= 0.3 is 17.8 Å². The number of aliphatic carboxylic acids is 1. The van der Waals surface area contributed by atoms with Gasteiger partial charge < -0.3 is 20.5 Å². The summed E-state index contributed by atoms with van der Waals surface area (Å²) in [5.74, 6) is -2.10. The van der Waals surface area contributed by atoms with Crippen molar-refractivity contribution in [3.63, 3.8) is 0 Å². The number of benzene rings is 1. The predicted molar refractivity (Wildman–Crippen MR) is 113 cm³/mol. The second-order valence-corrected chi connectivity index (χ2v) is 7.51. The van der Waals surface area contributed by atoms with Crippen molar-refractivity contribution in [1.82, 2.24) is 15.0 Å². The monoisotopic (exact) mass is 454 g/mol. The molecule has 0 aliphatic carbocycles. The Labute approximate surface area is 185 Å². The number of H-pyrrole nitrogens is 1. The summed E-state index contributed by atoms with van der Waals surface area (Å²) in [5, 5.41) is 13.3. The zero-order valence-corrected chi connectivity index (χ0v) is 17.8. The molecular formula is C20H27ClN4O6. The average Bonchev–Trinajstić information content (AvgIpc) is 3.32. The Morgan fingerprint density at radius 1 is 1.29 bits per heavy atom. The second-order valence-electron chi connectivity index (χ2n) is 7.51. The molecule has 0 spiro atoms. The number of unbranched alkanes of at least 4 members (excludes halogenated alkanes) is 1. The lowest BCUT2D eigenvalue weighted by atomic mass is 9.85. The molecule has 0 bridgehead atoms. The number of ether oxygens (including phenoxy) is 1. The van der Waals surface area contributed by atoms with Crippen LogP contribution in [0.15, 0.2) is 39.6 Å². The van der Waals surface area contributed by atoms with Gasteiger partial charge in [-0.2, -0.15) is 0 Å². The number of nitrogens with zero attached hydrogens (tertiary/aromatic N) is 2. The fourth-order valence-electron chi connectivity index (χ4n) is 3.79. The van der Waals surface area contributed by atoms with E-state index in [-0.39, 0.29) is 38.0 Å². The van der Waals surface area contributed by atoms with Crippen molar-refractivity contribution in [3.05, 3.63) is 52.3 Å². The van der Waals surface area contributed by atoms with Gasteiger partial charge in [0.15, 0.2) is 5.82 Å². The van der Waals surface area contributed by atoms with Gasteiger partial charge in [-0.3, -0.25) is 14.3 Å². The van der Waals surface area contributed by atoms with Crippen LogP contribution < -0.4 is 11.5 Å². The molecule has 1 aromatic carbocycles. The Morgan fingerprint density at radius 2 is 2.03 bits per heavy atom. The van der Waals surface area contributed by atoms with Crippen LogP contribution in [-0.4, -0.2) is 51.3 Å². The van der Waals surface area contributed by atoms with Gasteiger partial charge in [0, 0.05) is 31.5 Å². The molecule has 2 aromatic rings. The van der Waals surface area contributed by atoms with Gasteiger partial charge in [0.1, 0.15) is 6.61 Å². The highest BCUT2D eigenvalue weighted by molar-refractivity contribution is 5.85. The fraction of sp³-hybridized carbons (Fsp3) is 0.500. The molecule has 2 heterocycles. The van der Waals surface area contributed by atoms with Crippen molar-refractivity contribution in [1.29, 1.82) is 0 Å². The number of likely N-dealkylation sites (tertiary alicyclic amines) is 1. The number of halogens is 1. The maximum atomic E-state index is 12.4. The lowest BCUT2D eigenvalue weighted by Crippen LogP contribution is -2.37. The summed E-state index contributed by atoms with van der Waals surface area (Å²) < 4.78 is 9.78. The zero-order chi connectivity index (χ0) is 21.5. The molecule has 11 heteroatoms. The van der Waals surface area contributed by atoms with Crippen molar-refractivity contribution in [2.75, 3.05) is 13.1 Å². The number of carbonyl (C=O) groups excluding carboxylic acids is 1. The van der Waals surface area contributed by atoms with Crippen LogP contribution in [0.5, 0.6) is 0 Å². The Balaban J connectivity index is 0.00000341. The quantitative estimate of drug-likeness (QED) is 0.485. The van der Waals surface area contributed by atoms with Gasteiger partial charge in [0.25, 0.3) is 0 Å². The first-order chi connectivity index (χ1) is 14.4. The molecule has 1 fully saturated rings. The van der Waals surface area contributed by atoms with E-state index in [4.69, 9.17) is 10.5 Å². The Bertz CT molecular complexity index is 902. The highest BCUT2D eigenvalue weighted by atomic mass is 35.5. The van der Waals surface area contributed by atoms with Crippen LogP contribution in [-0.2, 0) is 22.6 Å². The molecule has 1 aliphatic heterocycles. The topological polar surface area (TPSA) is 152 Å². The molecule has 4 N–H and O–H groups in total. The van der Waals surface area contributed by atoms with E-state index in [1.807, 2.05) is 30.3 Å². The van der Waals surface area contributed by atoms with Crippen LogP contribution in [0.4, 0.5) is 4.79 Å². The first-order valence-electron chi connectivity index (χ1n) is 9.93. The standard InChI is InChI=1S/C20H26N4O6.ClH/c21-16-11-24(20(28)29-12-13-6-2-1-3-7-13)10-15(16)14(18(25)26)8-4-5-9-17-22-19(27)30-23-17;/h1-3,6-7,14-16H,4-5,8-12,21H2,(H,25,26)(H,22,23,27);1H/t14?,15-,16+;/m1./s1. The van der Waals surface area contributed by atoms with E-state index >= 15 is 0 Å². The fourth-order valence-corrected chi connectivity index (χ4v) is 3.79. The third kappa shape index (κ3) is 6.83.